The maximum Gasteiger partial charge on any atom is 0.191 e. The van der Waals surface area contributed by atoms with Crippen molar-refractivity contribution < 1.29 is 4.74 Å². The minimum absolute atomic E-state index is 0. The summed E-state index contributed by atoms with van der Waals surface area (Å²) in [4.78, 5) is 4.63. The quantitative estimate of drug-likeness (QED) is 0.382. The van der Waals surface area contributed by atoms with Crippen LogP contribution in [0.15, 0.2) is 41.5 Å². The summed E-state index contributed by atoms with van der Waals surface area (Å²) in [6, 6.07) is 10.1. The number of aryl methyl sites for hydroxylation is 1. The zero-order chi connectivity index (χ0) is 17.4. The third-order valence-corrected chi connectivity index (χ3v) is 3.91. The Morgan fingerprint density at radius 1 is 1.28 bits per heavy atom. The van der Waals surface area contributed by atoms with Crippen molar-refractivity contribution >= 4 is 29.9 Å². The molecular weight excluding hydrogens is 429 g/mol. The molecule has 1 aromatic carbocycles. The number of aliphatic imine (C=N–C) groups is 1. The van der Waals surface area contributed by atoms with Gasteiger partial charge >= 0.3 is 0 Å². The van der Waals surface area contributed by atoms with Gasteiger partial charge in [-0.25, -0.2) is 4.99 Å². The van der Waals surface area contributed by atoms with Gasteiger partial charge in [0, 0.05) is 32.3 Å². The molecule has 0 aliphatic carbocycles. The SMILES string of the molecule is CCNC(=NCc1ccnn1C)NCC(C)c1ccccc1OC.I. The molecule has 0 amide bonds. The summed E-state index contributed by atoms with van der Waals surface area (Å²) in [6.45, 7) is 6.42. The molecule has 1 heterocycles. The molecule has 25 heavy (non-hydrogen) atoms. The number of para-hydroxylation sites is 1. The molecule has 0 aliphatic rings. The normalized spacial score (nSPS) is 12.2. The average molecular weight is 457 g/mol. The van der Waals surface area contributed by atoms with Gasteiger partial charge in [0.05, 0.1) is 19.3 Å². The van der Waals surface area contributed by atoms with Gasteiger partial charge in [-0.2, -0.15) is 5.10 Å². The first kappa shape index (κ1) is 21.3. The molecule has 1 unspecified atom stereocenters. The second kappa shape index (κ2) is 11.0. The molecular formula is C18H28IN5O. The fourth-order valence-corrected chi connectivity index (χ4v) is 2.49. The van der Waals surface area contributed by atoms with E-state index in [0.717, 1.165) is 30.5 Å². The lowest BCUT2D eigenvalue weighted by atomic mass is 10.0. The number of hydrogen-bond donors (Lipinski definition) is 2. The Hall–Kier alpha value is -1.77. The highest BCUT2D eigenvalue weighted by Crippen LogP contribution is 2.25. The zero-order valence-corrected chi connectivity index (χ0v) is 17.7. The predicted octanol–water partition coefficient (Wildman–Crippen LogP) is 2.91. The Labute approximate surface area is 167 Å². The van der Waals surface area contributed by atoms with Gasteiger partial charge in [-0.05, 0) is 24.6 Å². The molecule has 0 radical (unpaired) electrons. The summed E-state index contributed by atoms with van der Waals surface area (Å²) in [5, 5.41) is 10.8. The molecule has 0 fully saturated rings. The second-order valence-electron chi connectivity index (χ2n) is 5.67. The van der Waals surface area contributed by atoms with Gasteiger partial charge in [-0.15, -0.1) is 24.0 Å². The van der Waals surface area contributed by atoms with Gasteiger partial charge in [-0.1, -0.05) is 25.1 Å². The van der Waals surface area contributed by atoms with Crippen molar-refractivity contribution in [2.75, 3.05) is 20.2 Å². The Kier molecular flexibility index (Phi) is 9.33. The van der Waals surface area contributed by atoms with Crippen LogP contribution >= 0.6 is 24.0 Å². The number of benzene rings is 1. The summed E-state index contributed by atoms with van der Waals surface area (Å²) in [5.74, 6) is 2.03. The molecule has 7 heteroatoms. The molecule has 1 atom stereocenters. The van der Waals surface area contributed by atoms with E-state index in [4.69, 9.17) is 4.74 Å². The Morgan fingerprint density at radius 2 is 2.04 bits per heavy atom. The van der Waals surface area contributed by atoms with Crippen molar-refractivity contribution in [1.29, 1.82) is 0 Å². The van der Waals surface area contributed by atoms with Gasteiger partial charge in [0.25, 0.3) is 0 Å². The highest BCUT2D eigenvalue weighted by molar-refractivity contribution is 14.0. The summed E-state index contributed by atoms with van der Waals surface area (Å²) in [5.41, 5.74) is 2.26. The van der Waals surface area contributed by atoms with Crippen LogP contribution in [0.4, 0.5) is 0 Å². The van der Waals surface area contributed by atoms with Gasteiger partial charge in [0.15, 0.2) is 5.96 Å². The number of aromatic nitrogens is 2. The standard InChI is InChI=1S/C18H27N5O.HI/c1-5-19-18(21-13-15-10-11-22-23(15)3)20-12-14(2)16-8-6-7-9-17(16)24-4;/h6-11,14H,5,12-13H2,1-4H3,(H2,19,20,21);1H. The number of methoxy groups -OCH3 is 1. The number of rotatable bonds is 7. The van der Waals surface area contributed by atoms with Gasteiger partial charge in [0.2, 0.25) is 0 Å². The number of ether oxygens (including phenoxy) is 1. The monoisotopic (exact) mass is 457 g/mol. The molecule has 2 rings (SSSR count). The molecule has 0 spiro atoms. The Bertz CT molecular complexity index is 671. The van der Waals surface area contributed by atoms with Crippen LogP contribution in [0.25, 0.3) is 0 Å². The number of guanidine groups is 1. The predicted molar refractivity (Wildman–Crippen MR) is 113 cm³/mol. The Morgan fingerprint density at radius 3 is 2.68 bits per heavy atom. The molecule has 2 N–H and O–H groups in total. The third-order valence-electron chi connectivity index (χ3n) is 3.91. The van der Waals surface area contributed by atoms with Crippen LogP contribution in [0.2, 0.25) is 0 Å². The molecule has 1 aromatic heterocycles. The fourth-order valence-electron chi connectivity index (χ4n) is 2.49. The summed E-state index contributed by atoms with van der Waals surface area (Å²) >= 11 is 0. The maximum atomic E-state index is 5.45. The van der Waals surface area contributed by atoms with Crippen molar-refractivity contribution in [3.63, 3.8) is 0 Å². The minimum atomic E-state index is 0. The van der Waals surface area contributed by atoms with E-state index in [1.165, 1.54) is 5.56 Å². The van der Waals surface area contributed by atoms with Crippen LogP contribution < -0.4 is 15.4 Å². The third kappa shape index (κ3) is 6.22. The van der Waals surface area contributed by atoms with Crippen molar-refractivity contribution in [2.24, 2.45) is 12.0 Å². The first-order chi connectivity index (χ1) is 11.7. The topological polar surface area (TPSA) is 63.5 Å². The van der Waals surface area contributed by atoms with E-state index in [2.05, 4.69) is 40.6 Å². The number of nitrogens with zero attached hydrogens (tertiary/aromatic N) is 3. The van der Waals surface area contributed by atoms with Gasteiger partial charge < -0.3 is 15.4 Å². The second-order valence-corrected chi connectivity index (χ2v) is 5.67. The summed E-state index contributed by atoms with van der Waals surface area (Å²) in [6.07, 6.45) is 1.79. The Balaban J connectivity index is 0.00000312. The lowest BCUT2D eigenvalue weighted by Gasteiger charge is -2.18. The van der Waals surface area contributed by atoms with E-state index in [1.807, 2.05) is 36.0 Å². The molecule has 0 bridgehead atoms. The van der Waals surface area contributed by atoms with E-state index in [1.54, 1.807) is 13.3 Å². The first-order valence-corrected chi connectivity index (χ1v) is 8.27. The van der Waals surface area contributed by atoms with E-state index in [-0.39, 0.29) is 24.0 Å². The van der Waals surface area contributed by atoms with Crippen LogP contribution in [-0.2, 0) is 13.6 Å². The lowest BCUT2D eigenvalue weighted by molar-refractivity contribution is 0.406. The molecule has 138 valence electrons. The van der Waals surface area contributed by atoms with Gasteiger partial charge in [0.1, 0.15) is 5.75 Å². The van der Waals surface area contributed by atoms with E-state index < -0.39 is 0 Å². The van der Waals surface area contributed by atoms with Crippen molar-refractivity contribution in [3.8, 4) is 5.75 Å². The molecule has 0 saturated carbocycles. The van der Waals surface area contributed by atoms with Crippen molar-refractivity contribution in [1.82, 2.24) is 20.4 Å². The van der Waals surface area contributed by atoms with Crippen LogP contribution in [0.3, 0.4) is 0 Å². The van der Waals surface area contributed by atoms with Crippen LogP contribution in [0.1, 0.15) is 31.0 Å². The number of halogens is 1. The lowest BCUT2D eigenvalue weighted by Crippen LogP contribution is -2.39. The average Bonchev–Trinajstić information content (AvgIpc) is 3.02. The van der Waals surface area contributed by atoms with E-state index >= 15 is 0 Å². The smallest absolute Gasteiger partial charge is 0.191 e. The first-order valence-electron chi connectivity index (χ1n) is 8.27. The van der Waals surface area contributed by atoms with Crippen LogP contribution in [-0.4, -0.2) is 35.9 Å². The minimum Gasteiger partial charge on any atom is -0.496 e. The van der Waals surface area contributed by atoms with E-state index in [0.29, 0.717) is 12.5 Å². The fraction of sp³-hybridized carbons (Fsp3) is 0.444. The largest absolute Gasteiger partial charge is 0.496 e. The zero-order valence-electron chi connectivity index (χ0n) is 15.3. The van der Waals surface area contributed by atoms with Crippen molar-refractivity contribution in [2.45, 2.75) is 26.3 Å². The number of nitrogens with one attached hydrogen (secondary N) is 2. The highest BCUT2D eigenvalue weighted by Gasteiger charge is 2.11. The molecule has 2 aromatic rings. The van der Waals surface area contributed by atoms with Crippen LogP contribution in [0, 0.1) is 0 Å². The van der Waals surface area contributed by atoms with Crippen molar-refractivity contribution in [3.05, 3.63) is 47.8 Å². The number of hydrogen-bond acceptors (Lipinski definition) is 3. The summed E-state index contributed by atoms with van der Waals surface area (Å²) < 4.78 is 7.28. The van der Waals surface area contributed by atoms with E-state index in [9.17, 15) is 0 Å². The molecule has 0 saturated heterocycles. The molecule has 6 nitrogen and oxygen atoms in total. The molecule has 0 aliphatic heterocycles. The summed E-state index contributed by atoms with van der Waals surface area (Å²) in [7, 11) is 3.63. The van der Waals surface area contributed by atoms with Gasteiger partial charge in [-0.3, -0.25) is 4.68 Å². The maximum absolute atomic E-state index is 5.45. The highest BCUT2D eigenvalue weighted by atomic mass is 127. The van der Waals surface area contributed by atoms with Crippen LogP contribution in [0.5, 0.6) is 5.75 Å².